The Morgan fingerprint density at radius 2 is 2.05 bits per heavy atom. The van der Waals surface area contributed by atoms with E-state index in [4.69, 9.17) is 0 Å². The Bertz CT molecular complexity index is 497. The van der Waals surface area contributed by atoms with Crippen molar-refractivity contribution in [3.8, 4) is 0 Å². The predicted molar refractivity (Wildman–Crippen MR) is 73.9 cm³/mol. The summed E-state index contributed by atoms with van der Waals surface area (Å²) in [4.78, 5) is 11.9. The van der Waals surface area contributed by atoms with Gasteiger partial charge < -0.3 is 5.32 Å². The lowest BCUT2D eigenvalue weighted by Gasteiger charge is -2.15. The number of nitrogens with one attached hydrogen (secondary N) is 1. The van der Waals surface area contributed by atoms with Gasteiger partial charge in [0.05, 0.1) is 5.56 Å². The van der Waals surface area contributed by atoms with Crippen molar-refractivity contribution in [1.82, 2.24) is 5.32 Å². The number of halogens is 4. The Hall–Kier alpha value is -1.04. The lowest BCUT2D eigenvalue weighted by Crippen LogP contribution is -2.30. The molecule has 0 aromatic heterocycles. The number of hydrogen-bond donors (Lipinski definition) is 1. The molecule has 1 amide bonds. The van der Waals surface area contributed by atoms with Crippen LogP contribution in [0.3, 0.4) is 0 Å². The molecule has 0 heterocycles. The number of carbonyl (C=O) groups excluding carboxylic acids is 1. The highest BCUT2D eigenvalue weighted by Gasteiger charge is 2.41. The molecule has 0 aliphatic heterocycles. The highest BCUT2D eigenvalue weighted by Crippen LogP contribution is 2.48. The topological polar surface area (TPSA) is 29.1 Å². The van der Waals surface area contributed by atoms with Gasteiger partial charge in [0.25, 0.3) is 5.91 Å². The van der Waals surface area contributed by atoms with Crippen LogP contribution in [0.5, 0.6) is 0 Å². The highest BCUT2D eigenvalue weighted by molar-refractivity contribution is 9.09. The predicted octanol–water partition coefficient (Wildman–Crippen LogP) is 4.00. The minimum absolute atomic E-state index is 0.0504. The van der Waals surface area contributed by atoms with Crippen molar-refractivity contribution in [2.24, 2.45) is 5.41 Å². The first-order valence-electron chi connectivity index (χ1n) is 6.38. The molecule has 1 aromatic rings. The normalized spacial score (nSPS) is 16.8. The summed E-state index contributed by atoms with van der Waals surface area (Å²) in [7, 11) is 0. The molecule has 1 saturated carbocycles. The molecule has 0 saturated heterocycles. The van der Waals surface area contributed by atoms with Crippen molar-refractivity contribution in [1.29, 1.82) is 0 Å². The summed E-state index contributed by atoms with van der Waals surface area (Å²) in [5, 5.41) is 3.61. The van der Waals surface area contributed by atoms with Crippen molar-refractivity contribution in [3.63, 3.8) is 0 Å². The zero-order valence-electron chi connectivity index (χ0n) is 10.8. The van der Waals surface area contributed by atoms with Gasteiger partial charge in [-0.15, -0.1) is 0 Å². The second kappa shape index (κ2) is 5.76. The zero-order chi connectivity index (χ0) is 14.8. The van der Waals surface area contributed by atoms with Crippen molar-refractivity contribution in [2.75, 3.05) is 11.9 Å². The molecule has 110 valence electrons. The minimum Gasteiger partial charge on any atom is -0.351 e. The number of benzene rings is 1. The molecule has 1 fully saturated rings. The van der Waals surface area contributed by atoms with Crippen LogP contribution < -0.4 is 5.32 Å². The van der Waals surface area contributed by atoms with E-state index in [1.54, 1.807) is 0 Å². The first kappa shape index (κ1) is 15.4. The van der Waals surface area contributed by atoms with Crippen LogP contribution in [0.1, 0.15) is 35.2 Å². The van der Waals surface area contributed by atoms with Gasteiger partial charge in [-0.3, -0.25) is 4.79 Å². The van der Waals surface area contributed by atoms with E-state index in [-0.39, 0.29) is 11.0 Å². The van der Waals surface area contributed by atoms with E-state index in [1.165, 1.54) is 12.1 Å². The van der Waals surface area contributed by atoms with E-state index in [1.807, 2.05) is 0 Å². The standard InChI is InChI=1S/C14H15BrF3NO/c15-7-6-13(4-5-13)9-19-12(20)10-2-1-3-11(8-10)14(16,17)18/h1-3,8H,4-7,9H2,(H,19,20). The number of rotatable bonds is 5. The smallest absolute Gasteiger partial charge is 0.351 e. The second-order valence-electron chi connectivity index (χ2n) is 5.20. The van der Waals surface area contributed by atoms with E-state index in [0.29, 0.717) is 6.54 Å². The lowest BCUT2D eigenvalue weighted by atomic mass is 10.0. The third-order valence-corrected chi connectivity index (χ3v) is 4.05. The lowest BCUT2D eigenvalue weighted by molar-refractivity contribution is -0.137. The maximum Gasteiger partial charge on any atom is 0.416 e. The molecule has 1 aromatic carbocycles. The average Bonchev–Trinajstić information content (AvgIpc) is 3.16. The summed E-state index contributed by atoms with van der Waals surface area (Å²) in [6.45, 7) is 0.522. The summed E-state index contributed by atoms with van der Waals surface area (Å²) < 4.78 is 37.7. The largest absolute Gasteiger partial charge is 0.416 e. The van der Waals surface area contributed by atoms with E-state index < -0.39 is 17.6 Å². The molecule has 2 nitrogen and oxygen atoms in total. The summed E-state index contributed by atoms with van der Waals surface area (Å²) in [6.07, 6.45) is -1.34. The SMILES string of the molecule is O=C(NCC1(CCBr)CC1)c1cccc(C(F)(F)F)c1. The Morgan fingerprint density at radius 3 is 2.60 bits per heavy atom. The van der Waals surface area contributed by atoms with Crippen LogP contribution in [0.25, 0.3) is 0 Å². The minimum atomic E-state index is -4.43. The van der Waals surface area contributed by atoms with Crippen LogP contribution in [-0.2, 0) is 6.18 Å². The van der Waals surface area contributed by atoms with Gasteiger partial charge in [-0.1, -0.05) is 22.0 Å². The van der Waals surface area contributed by atoms with Gasteiger partial charge >= 0.3 is 6.18 Å². The highest BCUT2D eigenvalue weighted by atomic mass is 79.9. The van der Waals surface area contributed by atoms with E-state index >= 15 is 0 Å². The Balaban J connectivity index is 1.99. The van der Waals surface area contributed by atoms with Crippen molar-refractivity contribution in [3.05, 3.63) is 35.4 Å². The maximum atomic E-state index is 12.6. The molecule has 1 aliphatic rings. The van der Waals surface area contributed by atoms with Crippen molar-refractivity contribution in [2.45, 2.75) is 25.4 Å². The Labute approximate surface area is 123 Å². The average molecular weight is 350 g/mol. The molecular formula is C14H15BrF3NO. The first-order valence-corrected chi connectivity index (χ1v) is 7.50. The van der Waals surface area contributed by atoms with Crippen LogP contribution in [0, 0.1) is 5.41 Å². The zero-order valence-corrected chi connectivity index (χ0v) is 12.4. The molecule has 0 spiro atoms. The molecule has 2 rings (SSSR count). The summed E-state index contributed by atoms with van der Waals surface area (Å²) in [6, 6.07) is 4.50. The summed E-state index contributed by atoms with van der Waals surface area (Å²) in [5.74, 6) is -0.447. The molecule has 1 aliphatic carbocycles. The fourth-order valence-electron chi connectivity index (χ4n) is 2.10. The fourth-order valence-corrected chi connectivity index (χ4v) is 2.94. The number of carbonyl (C=O) groups is 1. The Kier molecular flexibility index (Phi) is 4.42. The summed E-state index contributed by atoms with van der Waals surface area (Å²) >= 11 is 3.37. The van der Waals surface area contributed by atoms with E-state index in [0.717, 1.165) is 36.7 Å². The quantitative estimate of drug-likeness (QED) is 0.799. The summed E-state index contributed by atoms with van der Waals surface area (Å²) in [5.41, 5.74) is -0.609. The third kappa shape index (κ3) is 3.75. The molecule has 0 bridgehead atoms. The molecule has 6 heteroatoms. The monoisotopic (exact) mass is 349 g/mol. The van der Waals surface area contributed by atoms with Crippen LogP contribution in [-0.4, -0.2) is 17.8 Å². The van der Waals surface area contributed by atoms with Gasteiger partial charge in [0, 0.05) is 17.4 Å². The van der Waals surface area contributed by atoms with Gasteiger partial charge in [0.1, 0.15) is 0 Å². The molecule has 0 unspecified atom stereocenters. The number of alkyl halides is 4. The first-order chi connectivity index (χ1) is 9.36. The molecule has 0 atom stereocenters. The van der Waals surface area contributed by atoms with Crippen molar-refractivity contribution >= 4 is 21.8 Å². The van der Waals surface area contributed by atoms with Gasteiger partial charge in [0.2, 0.25) is 0 Å². The van der Waals surface area contributed by atoms with Gasteiger partial charge in [-0.2, -0.15) is 13.2 Å². The van der Waals surface area contributed by atoms with Crippen LogP contribution in [0.15, 0.2) is 24.3 Å². The van der Waals surface area contributed by atoms with E-state index in [2.05, 4.69) is 21.2 Å². The maximum absolute atomic E-state index is 12.6. The number of hydrogen-bond acceptors (Lipinski definition) is 1. The number of amides is 1. The fraction of sp³-hybridized carbons (Fsp3) is 0.500. The molecule has 1 N–H and O–H groups in total. The molecule has 20 heavy (non-hydrogen) atoms. The van der Waals surface area contributed by atoms with Gasteiger partial charge in [-0.05, 0) is 42.9 Å². The van der Waals surface area contributed by atoms with Crippen LogP contribution >= 0.6 is 15.9 Å². The van der Waals surface area contributed by atoms with Gasteiger partial charge in [-0.25, -0.2) is 0 Å². The Morgan fingerprint density at radius 1 is 1.35 bits per heavy atom. The van der Waals surface area contributed by atoms with Crippen LogP contribution in [0.4, 0.5) is 13.2 Å². The molecule has 0 radical (unpaired) electrons. The van der Waals surface area contributed by atoms with Crippen LogP contribution in [0.2, 0.25) is 0 Å². The van der Waals surface area contributed by atoms with Crippen molar-refractivity contribution < 1.29 is 18.0 Å². The third-order valence-electron chi connectivity index (χ3n) is 3.66. The van der Waals surface area contributed by atoms with Gasteiger partial charge in [0.15, 0.2) is 0 Å². The molecular weight excluding hydrogens is 335 g/mol. The second-order valence-corrected chi connectivity index (χ2v) is 5.99. The van der Waals surface area contributed by atoms with E-state index in [9.17, 15) is 18.0 Å².